The summed E-state index contributed by atoms with van der Waals surface area (Å²) in [6.07, 6.45) is 2.83. The largest absolute Gasteiger partial charge is 0.379 e. The monoisotopic (exact) mass is 417 g/mol. The van der Waals surface area contributed by atoms with Gasteiger partial charge in [-0.2, -0.15) is 0 Å². The van der Waals surface area contributed by atoms with Crippen LogP contribution < -0.4 is 10.6 Å². The number of benzene rings is 1. The Morgan fingerprint density at radius 2 is 1.96 bits per heavy atom. The van der Waals surface area contributed by atoms with E-state index in [9.17, 15) is 4.79 Å². The lowest BCUT2D eigenvalue weighted by atomic mass is 10.0. The van der Waals surface area contributed by atoms with Gasteiger partial charge in [-0.05, 0) is 44.3 Å². The third-order valence-electron chi connectivity index (χ3n) is 5.38. The number of nitrogens with one attached hydrogen (secondary N) is 2. The highest BCUT2D eigenvalue weighted by molar-refractivity contribution is 5.85. The lowest BCUT2D eigenvalue weighted by Gasteiger charge is -2.35. The van der Waals surface area contributed by atoms with Crippen LogP contribution >= 0.6 is 24.8 Å². The van der Waals surface area contributed by atoms with Crippen LogP contribution in [0.1, 0.15) is 36.4 Å². The van der Waals surface area contributed by atoms with Crippen LogP contribution in [0, 0.1) is 12.8 Å². The smallest absolute Gasteiger partial charge is 0.220 e. The first-order chi connectivity index (χ1) is 12.2. The van der Waals surface area contributed by atoms with Gasteiger partial charge in [0, 0.05) is 26.1 Å². The van der Waals surface area contributed by atoms with Gasteiger partial charge in [-0.1, -0.05) is 29.8 Å². The summed E-state index contributed by atoms with van der Waals surface area (Å²) >= 11 is 0. The number of nitrogens with zero attached hydrogens (tertiary/aromatic N) is 1. The standard InChI is InChI=1S/C20H31N3O2.2ClH/c1-16-2-5-18(6-3-16)19(23-10-12-25-13-11-23)15-22-20(24)7-4-17-8-9-21-14-17;;/h2-3,5-6,17,19,21H,4,7-15H2,1H3,(H,22,24);2*1H. The lowest BCUT2D eigenvalue weighted by Crippen LogP contribution is -2.43. The molecule has 0 saturated carbocycles. The zero-order valence-electron chi connectivity index (χ0n) is 16.1. The number of amides is 1. The van der Waals surface area contributed by atoms with E-state index in [0.29, 0.717) is 18.9 Å². The van der Waals surface area contributed by atoms with Gasteiger partial charge >= 0.3 is 0 Å². The Bertz CT molecular complexity index is 545. The fourth-order valence-corrected chi connectivity index (χ4v) is 3.73. The van der Waals surface area contributed by atoms with E-state index in [1.807, 2.05) is 0 Å². The number of carbonyl (C=O) groups excluding carboxylic acids is 1. The van der Waals surface area contributed by atoms with Crippen LogP contribution in [0.2, 0.25) is 0 Å². The summed E-state index contributed by atoms with van der Waals surface area (Å²) < 4.78 is 5.49. The molecule has 7 heteroatoms. The average Bonchev–Trinajstić information content (AvgIpc) is 3.16. The molecule has 2 aliphatic rings. The fourth-order valence-electron chi connectivity index (χ4n) is 3.73. The van der Waals surface area contributed by atoms with Crippen LogP contribution in [-0.2, 0) is 9.53 Å². The molecule has 2 saturated heterocycles. The molecule has 2 unspecified atom stereocenters. The first kappa shape index (κ1) is 24.2. The molecule has 2 atom stereocenters. The predicted molar refractivity (Wildman–Crippen MR) is 114 cm³/mol. The van der Waals surface area contributed by atoms with Crippen LogP contribution in [0.3, 0.4) is 0 Å². The van der Waals surface area contributed by atoms with E-state index in [1.165, 1.54) is 17.5 Å². The number of rotatable bonds is 7. The fraction of sp³-hybridized carbons (Fsp3) is 0.650. The summed E-state index contributed by atoms with van der Waals surface area (Å²) in [6, 6.07) is 8.90. The summed E-state index contributed by atoms with van der Waals surface area (Å²) in [5, 5.41) is 6.54. The molecule has 2 aliphatic heterocycles. The van der Waals surface area contributed by atoms with Crippen LogP contribution in [0.25, 0.3) is 0 Å². The second-order valence-electron chi connectivity index (χ2n) is 7.28. The zero-order valence-corrected chi connectivity index (χ0v) is 17.7. The molecule has 3 rings (SSSR count). The molecular formula is C20H33Cl2N3O2. The topological polar surface area (TPSA) is 53.6 Å². The van der Waals surface area contributed by atoms with Gasteiger partial charge in [-0.15, -0.1) is 24.8 Å². The Morgan fingerprint density at radius 3 is 2.59 bits per heavy atom. The maximum absolute atomic E-state index is 12.3. The Morgan fingerprint density at radius 1 is 1.26 bits per heavy atom. The van der Waals surface area contributed by atoms with Crippen molar-refractivity contribution >= 4 is 30.7 Å². The van der Waals surface area contributed by atoms with Crippen LogP contribution in [0.4, 0.5) is 0 Å². The summed E-state index contributed by atoms with van der Waals surface area (Å²) in [6.45, 7) is 8.31. The van der Waals surface area contributed by atoms with Crippen molar-refractivity contribution in [3.8, 4) is 0 Å². The number of carbonyl (C=O) groups is 1. The van der Waals surface area contributed by atoms with E-state index in [4.69, 9.17) is 4.74 Å². The molecule has 2 fully saturated rings. The highest BCUT2D eigenvalue weighted by Crippen LogP contribution is 2.22. The number of aryl methyl sites for hydroxylation is 1. The molecule has 1 amide bonds. The number of ether oxygens (including phenoxy) is 1. The second kappa shape index (κ2) is 12.6. The van der Waals surface area contributed by atoms with E-state index in [-0.39, 0.29) is 36.8 Å². The van der Waals surface area contributed by atoms with E-state index >= 15 is 0 Å². The van der Waals surface area contributed by atoms with Crippen molar-refractivity contribution in [3.05, 3.63) is 35.4 Å². The molecule has 27 heavy (non-hydrogen) atoms. The van der Waals surface area contributed by atoms with Gasteiger partial charge in [-0.3, -0.25) is 9.69 Å². The minimum absolute atomic E-state index is 0. The van der Waals surface area contributed by atoms with Gasteiger partial charge in [0.25, 0.3) is 0 Å². The molecule has 0 spiro atoms. The predicted octanol–water partition coefficient (Wildman–Crippen LogP) is 2.72. The maximum Gasteiger partial charge on any atom is 0.220 e. The molecule has 5 nitrogen and oxygen atoms in total. The molecule has 0 bridgehead atoms. The molecule has 0 aromatic heterocycles. The summed E-state index contributed by atoms with van der Waals surface area (Å²) in [5.41, 5.74) is 2.53. The maximum atomic E-state index is 12.3. The number of hydrogen-bond donors (Lipinski definition) is 2. The second-order valence-corrected chi connectivity index (χ2v) is 7.28. The normalized spacial score (nSPS) is 21.0. The van der Waals surface area contributed by atoms with E-state index in [2.05, 4.69) is 46.7 Å². The molecular weight excluding hydrogens is 385 g/mol. The quantitative estimate of drug-likeness (QED) is 0.715. The van der Waals surface area contributed by atoms with Gasteiger partial charge in [0.15, 0.2) is 0 Å². The van der Waals surface area contributed by atoms with Crippen molar-refractivity contribution in [1.82, 2.24) is 15.5 Å². The third-order valence-corrected chi connectivity index (χ3v) is 5.38. The SMILES string of the molecule is Cc1ccc(C(CNC(=O)CCC2CCNC2)N2CCOCC2)cc1.Cl.Cl. The number of hydrogen-bond acceptors (Lipinski definition) is 4. The summed E-state index contributed by atoms with van der Waals surface area (Å²) in [7, 11) is 0. The molecule has 1 aromatic rings. The van der Waals surface area contributed by atoms with Crippen molar-refractivity contribution in [2.45, 2.75) is 32.2 Å². The number of morpholine rings is 1. The Labute approximate surface area is 175 Å². The highest BCUT2D eigenvalue weighted by Gasteiger charge is 2.23. The molecule has 0 aliphatic carbocycles. The van der Waals surface area contributed by atoms with E-state index < -0.39 is 0 Å². The first-order valence-electron chi connectivity index (χ1n) is 9.58. The number of halogens is 2. The Balaban J connectivity index is 0.00000182. The third kappa shape index (κ3) is 7.59. The van der Waals surface area contributed by atoms with Crippen molar-refractivity contribution < 1.29 is 9.53 Å². The van der Waals surface area contributed by atoms with Gasteiger partial charge < -0.3 is 15.4 Å². The highest BCUT2D eigenvalue weighted by atomic mass is 35.5. The molecule has 1 aromatic carbocycles. The zero-order chi connectivity index (χ0) is 17.5. The van der Waals surface area contributed by atoms with Crippen LogP contribution in [-0.4, -0.2) is 56.7 Å². The first-order valence-corrected chi connectivity index (χ1v) is 9.58. The minimum Gasteiger partial charge on any atom is -0.379 e. The van der Waals surface area contributed by atoms with Crippen molar-refractivity contribution in [2.24, 2.45) is 5.92 Å². The molecule has 154 valence electrons. The molecule has 2 heterocycles. The van der Waals surface area contributed by atoms with Crippen LogP contribution in [0.5, 0.6) is 0 Å². The summed E-state index contributed by atoms with van der Waals surface area (Å²) in [4.78, 5) is 14.7. The molecule has 2 N–H and O–H groups in total. The van der Waals surface area contributed by atoms with Crippen molar-refractivity contribution in [2.75, 3.05) is 45.9 Å². The van der Waals surface area contributed by atoms with Gasteiger partial charge in [0.2, 0.25) is 5.91 Å². The Kier molecular flexibility index (Phi) is 11.3. The summed E-state index contributed by atoms with van der Waals surface area (Å²) in [5.74, 6) is 0.843. The van der Waals surface area contributed by atoms with Crippen molar-refractivity contribution in [3.63, 3.8) is 0 Å². The van der Waals surface area contributed by atoms with Crippen molar-refractivity contribution in [1.29, 1.82) is 0 Å². The van der Waals surface area contributed by atoms with Gasteiger partial charge in [0.1, 0.15) is 0 Å². The van der Waals surface area contributed by atoms with Gasteiger partial charge in [-0.25, -0.2) is 0 Å². The lowest BCUT2D eigenvalue weighted by molar-refractivity contribution is -0.121. The average molecular weight is 418 g/mol. The van der Waals surface area contributed by atoms with Gasteiger partial charge in [0.05, 0.1) is 19.3 Å². The molecule has 0 radical (unpaired) electrons. The van der Waals surface area contributed by atoms with E-state index in [0.717, 1.165) is 45.8 Å². The minimum atomic E-state index is 0. The van der Waals surface area contributed by atoms with Crippen LogP contribution in [0.15, 0.2) is 24.3 Å². The van der Waals surface area contributed by atoms with E-state index in [1.54, 1.807) is 0 Å². The Hall–Kier alpha value is -0.850.